The minimum Gasteiger partial charge on any atom is -0.255 e. The van der Waals surface area contributed by atoms with E-state index in [4.69, 9.17) is 24.9 Å². The lowest BCUT2D eigenvalue weighted by Crippen LogP contribution is -2.00. The molecule has 5 aromatic carbocycles. The molecular formula is C48H32N6. The Labute approximate surface area is 313 Å². The van der Waals surface area contributed by atoms with Crippen molar-refractivity contribution in [1.29, 1.82) is 0 Å². The van der Waals surface area contributed by atoms with Crippen LogP contribution in [0.3, 0.4) is 0 Å². The molecule has 0 unspecified atom stereocenters. The lowest BCUT2D eigenvalue weighted by Gasteiger charge is -2.11. The number of rotatable bonds is 8. The van der Waals surface area contributed by atoms with E-state index >= 15 is 0 Å². The molecule has 254 valence electrons. The Bertz CT molecular complexity index is 2550. The largest absolute Gasteiger partial charge is 0.255 e. The van der Waals surface area contributed by atoms with E-state index < -0.39 is 0 Å². The lowest BCUT2D eigenvalue weighted by atomic mass is 10.0. The molecular weight excluding hydrogens is 661 g/mol. The van der Waals surface area contributed by atoms with Crippen molar-refractivity contribution in [3.8, 4) is 90.5 Å². The van der Waals surface area contributed by atoms with Gasteiger partial charge in [-0.05, 0) is 58.7 Å². The number of hydrogen-bond donors (Lipinski definition) is 0. The first-order chi connectivity index (χ1) is 26.7. The molecule has 0 bridgehead atoms. The maximum absolute atomic E-state index is 5.09. The highest BCUT2D eigenvalue weighted by molar-refractivity contribution is 5.77. The standard InChI is InChI=1S/C48H32N6/c1-4-13-33(14-5-1)40-31-44(42-19-10-11-30-49-42)51-45(32-40)43-21-12-20-41(50-43)36-26-22-34(23-27-36)35-24-28-39(29-25-35)48-53-46(37-15-6-2-7-16-37)52-47(54-48)38-17-8-3-9-18-38/h1-32H. The van der Waals surface area contributed by atoms with Crippen LogP contribution >= 0.6 is 0 Å². The van der Waals surface area contributed by atoms with E-state index in [9.17, 15) is 0 Å². The van der Waals surface area contributed by atoms with Gasteiger partial charge in [-0.25, -0.2) is 24.9 Å². The monoisotopic (exact) mass is 692 g/mol. The van der Waals surface area contributed by atoms with Gasteiger partial charge in [0.1, 0.15) is 0 Å². The predicted molar refractivity (Wildman–Crippen MR) is 217 cm³/mol. The molecule has 9 aromatic rings. The third-order valence-electron chi connectivity index (χ3n) is 9.23. The van der Waals surface area contributed by atoms with Gasteiger partial charge in [0, 0.05) is 28.5 Å². The van der Waals surface area contributed by atoms with E-state index in [0.717, 1.165) is 73.0 Å². The Kier molecular flexibility index (Phi) is 8.81. The van der Waals surface area contributed by atoms with E-state index in [0.29, 0.717) is 17.5 Å². The van der Waals surface area contributed by atoms with Crippen LogP contribution in [0.25, 0.3) is 90.5 Å². The normalized spacial score (nSPS) is 11.0. The fraction of sp³-hybridized carbons (Fsp3) is 0. The van der Waals surface area contributed by atoms with E-state index in [1.165, 1.54) is 0 Å². The lowest BCUT2D eigenvalue weighted by molar-refractivity contribution is 1.07. The van der Waals surface area contributed by atoms with Crippen LogP contribution in [0.2, 0.25) is 0 Å². The highest BCUT2D eigenvalue weighted by Gasteiger charge is 2.14. The fourth-order valence-corrected chi connectivity index (χ4v) is 6.43. The minimum absolute atomic E-state index is 0.631. The molecule has 6 heteroatoms. The molecule has 0 saturated heterocycles. The average Bonchev–Trinajstić information content (AvgIpc) is 3.27. The molecule has 0 spiro atoms. The summed E-state index contributed by atoms with van der Waals surface area (Å²) in [4.78, 5) is 29.3. The van der Waals surface area contributed by atoms with E-state index in [1.807, 2.05) is 115 Å². The smallest absolute Gasteiger partial charge is 0.164 e. The summed E-state index contributed by atoms with van der Waals surface area (Å²) in [6.07, 6.45) is 1.79. The van der Waals surface area contributed by atoms with E-state index in [-0.39, 0.29) is 0 Å². The summed E-state index contributed by atoms with van der Waals surface area (Å²) in [7, 11) is 0. The maximum atomic E-state index is 5.09. The average molecular weight is 693 g/mol. The molecule has 0 amide bonds. The van der Waals surface area contributed by atoms with Crippen molar-refractivity contribution in [2.75, 3.05) is 0 Å². The Balaban J connectivity index is 1.00. The SMILES string of the molecule is c1ccc(-c2cc(-c3ccccn3)nc(-c3cccc(-c4ccc(-c5ccc(-c6nc(-c7ccccc7)nc(-c7ccccc7)n6)cc5)cc4)n3)c2)cc1. The van der Waals surface area contributed by atoms with Gasteiger partial charge in [-0.15, -0.1) is 0 Å². The molecule has 0 aliphatic heterocycles. The summed E-state index contributed by atoms with van der Waals surface area (Å²) in [6, 6.07) is 63.4. The molecule has 9 rings (SSSR count). The quantitative estimate of drug-likeness (QED) is 0.158. The van der Waals surface area contributed by atoms with Crippen LogP contribution in [0.4, 0.5) is 0 Å². The van der Waals surface area contributed by atoms with Crippen LogP contribution in [-0.2, 0) is 0 Å². The molecule has 0 aliphatic rings. The first-order valence-electron chi connectivity index (χ1n) is 17.8. The van der Waals surface area contributed by atoms with Gasteiger partial charge in [0.25, 0.3) is 0 Å². The van der Waals surface area contributed by atoms with Gasteiger partial charge in [0.05, 0.1) is 28.5 Å². The molecule has 0 atom stereocenters. The first kappa shape index (κ1) is 32.5. The third kappa shape index (κ3) is 6.92. The van der Waals surface area contributed by atoms with Crippen molar-refractivity contribution in [2.45, 2.75) is 0 Å². The molecule has 4 heterocycles. The minimum atomic E-state index is 0.631. The highest BCUT2D eigenvalue weighted by Crippen LogP contribution is 2.32. The van der Waals surface area contributed by atoms with Crippen LogP contribution < -0.4 is 0 Å². The Morgan fingerprint density at radius 1 is 0.222 bits per heavy atom. The van der Waals surface area contributed by atoms with Gasteiger partial charge in [0.2, 0.25) is 0 Å². The molecule has 0 N–H and O–H groups in total. The first-order valence-corrected chi connectivity index (χ1v) is 17.8. The number of hydrogen-bond acceptors (Lipinski definition) is 6. The second-order valence-corrected chi connectivity index (χ2v) is 12.8. The zero-order valence-electron chi connectivity index (χ0n) is 29.2. The Morgan fingerprint density at radius 3 is 1.15 bits per heavy atom. The number of pyridine rings is 3. The zero-order chi connectivity index (χ0) is 36.1. The highest BCUT2D eigenvalue weighted by atomic mass is 15.0. The summed E-state index contributed by atoms with van der Waals surface area (Å²) in [5.74, 6) is 1.92. The molecule has 4 aromatic heterocycles. The molecule has 0 radical (unpaired) electrons. The molecule has 0 fully saturated rings. The second kappa shape index (κ2) is 14.7. The summed E-state index contributed by atoms with van der Waals surface area (Å²) >= 11 is 0. The van der Waals surface area contributed by atoms with Crippen molar-refractivity contribution in [3.05, 3.63) is 194 Å². The second-order valence-electron chi connectivity index (χ2n) is 12.8. The van der Waals surface area contributed by atoms with E-state index in [1.54, 1.807) is 6.20 Å². The van der Waals surface area contributed by atoms with Crippen LogP contribution in [0, 0.1) is 0 Å². The van der Waals surface area contributed by atoms with Gasteiger partial charge in [-0.3, -0.25) is 4.98 Å². The molecule has 54 heavy (non-hydrogen) atoms. The summed E-state index contributed by atoms with van der Waals surface area (Å²) in [5.41, 5.74) is 12.3. The maximum Gasteiger partial charge on any atom is 0.164 e. The van der Waals surface area contributed by atoms with Gasteiger partial charge in [-0.2, -0.15) is 0 Å². The van der Waals surface area contributed by atoms with Gasteiger partial charge in [0.15, 0.2) is 17.5 Å². The summed E-state index contributed by atoms with van der Waals surface area (Å²) in [6.45, 7) is 0. The topological polar surface area (TPSA) is 77.3 Å². The van der Waals surface area contributed by atoms with Crippen LogP contribution in [0.15, 0.2) is 194 Å². The zero-order valence-corrected chi connectivity index (χ0v) is 29.2. The summed E-state index contributed by atoms with van der Waals surface area (Å²) in [5, 5.41) is 0. The van der Waals surface area contributed by atoms with E-state index in [2.05, 4.69) is 77.8 Å². The van der Waals surface area contributed by atoms with Crippen molar-refractivity contribution in [3.63, 3.8) is 0 Å². The Morgan fingerprint density at radius 2 is 0.611 bits per heavy atom. The Hall–Kier alpha value is -7.44. The van der Waals surface area contributed by atoms with Gasteiger partial charge < -0.3 is 0 Å². The van der Waals surface area contributed by atoms with Crippen LogP contribution in [-0.4, -0.2) is 29.9 Å². The number of nitrogens with zero attached hydrogens (tertiary/aromatic N) is 6. The van der Waals surface area contributed by atoms with Gasteiger partial charge in [-0.1, -0.05) is 152 Å². The molecule has 6 nitrogen and oxygen atoms in total. The van der Waals surface area contributed by atoms with Crippen molar-refractivity contribution in [1.82, 2.24) is 29.9 Å². The van der Waals surface area contributed by atoms with Crippen LogP contribution in [0.1, 0.15) is 0 Å². The van der Waals surface area contributed by atoms with Crippen molar-refractivity contribution < 1.29 is 0 Å². The third-order valence-corrected chi connectivity index (χ3v) is 9.23. The van der Waals surface area contributed by atoms with Crippen molar-refractivity contribution >= 4 is 0 Å². The van der Waals surface area contributed by atoms with Crippen molar-refractivity contribution in [2.24, 2.45) is 0 Å². The summed E-state index contributed by atoms with van der Waals surface area (Å²) < 4.78 is 0. The van der Waals surface area contributed by atoms with Crippen LogP contribution in [0.5, 0.6) is 0 Å². The molecule has 0 aliphatic carbocycles. The predicted octanol–water partition coefficient (Wildman–Crippen LogP) is 11.4. The van der Waals surface area contributed by atoms with Gasteiger partial charge >= 0.3 is 0 Å². The fourth-order valence-electron chi connectivity index (χ4n) is 6.43. The number of aromatic nitrogens is 6. The molecule has 0 saturated carbocycles. The number of benzene rings is 5.